The van der Waals surface area contributed by atoms with Gasteiger partial charge in [0, 0.05) is 77.1 Å². The number of likely N-dealkylation sites (N-methyl/N-ethyl adjacent to an activating group) is 2. The van der Waals surface area contributed by atoms with E-state index in [4.69, 9.17) is 15.2 Å². The number of likely N-dealkylation sites (tertiary alicyclic amines) is 2. The molecular weight excluding hydrogens is 969 g/mol. The predicted octanol–water partition coefficient (Wildman–Crippen LogP) is 4.98. The number of nitrogens with one attached hydrogen (secondary N) is 3. The molecule has 76 heavy (non-hydrogen) atoms. The fourth-order valence-corrected chi connectivity index (χ4v) is 12.8. The molecule has 0 aromatic heterocycles. The van der Waals surface area contributed by atoms with Gasteiger partial charge in [0.25, 0.3) is 11.8 Å². The number of nitrogens with zero attached hydrogens (tertiary/aromatic N) is 4. The Balaban J connectivity index is 1.07. The third-order valence-corrected chi connectivity index (χ3v) is 17.0. The lowest BCUT2D eigenvalue weighted by molar-refractivity contribution is -0.153. The standard InChI is InChI=1S/C58H84N8O10/c1-10-37(4)51(63(6)57(74)50(36(2)3)58-29-28-41(34-58)52(54(59)71)64(58)7)45(75-8)33-49(70)65-31-17-20-44(65)53(76-9)38(5)55(72)62-43(32-39-18-13-11-14-19-39)56(73)61-42-24-22-40(23-25-42)35-60-46(67)21-15-12-16-30-66-47(68)26-27-48(66)69/h11,13-14,18-19,22-27,36-38,41,43-45,50-53H,10,12,15-17,20-21,28-35H2,1-9H3,(H2,59,71)(H,60,67)(H,61,73)(H,62,72)/t37-,38+,41?,43-,44-,45+,50+,51-,52?,53+,58?/m0/s1. The summed E-state index contributed by atoms with van der Waals surface area (Å²) in [5, 5.41) is 8.88. The first-order chi connectivity index (χ1) is 36.3. The summed E-state index contributed by atoms with van der Waals surface area (Å²) >= 11 is 0. The number of anilines is 1. The van der Waals surface area contributed by atoms with Gasteiger partial charge in [-0.05, 0) is 93.0 Å². The van der Waals surface area contributed by atoms with Crippen LogP contribution in [-0.2, 0) is 60.8 Å². The van der Waals surface area contributed by atoms with Crippen molar-refractivity contribution in [2.24, 2.45) is 35.3 Å². The molecule has 0 spiro atoms. The topological polar surface area (TPSA) is 230 Å². The van der Waals surface area contributed by atoms with Crippen LogP contribution in [0.15, 0.2) is 66.7 Å². The van der Waals surface area contributed by atoms with Gasteiger partial charge in [-0.1, -0.05) is 89.9 Å². The van der Waals surface area contributed by atoms with Gasteiger partial charge in [0.15, 0.2) is 0 Å². The van der Waals surface area contributed by atoms with Gasteiger partial charge in [0.2, 0.25) is 35.4 Å². The van der Waals surface area contributed by atoms with Crippen LogP contribution in [0, 0.1) is 29.6 Å². The van der Waals surface area contributed by atoms with Gasteiger partial charge in [-0.25, -0.2) is 0 Å². The SMILES string of the molecule is CC[C@H](C)[C@@H]([C@@H](CC(=O)N1CCC[C@H]1[C@H](OC)[C@@H](C)C(=O)N[C@@H](Cc1ccccc1)C(=O)Nc1ccc(CNC(=O)CCCCCN2C(=O)C=CC2=O)cc1)OC)N(C)C(=O)[C@@H](C(C)C)C12CCC(C1)C(C(N)=O)N2C. The molecule has 2 aromatic carbocycles. The molecule has 5 N–H and O–H groups in total. The summed E-state index contributed by atoms with van der Waals surface area (Å²) in [7, 11) is 6.86. The fourth-order valence-electron chi connectivity index (χ4n) is 12.8. The number of methoxy groups -OCH3 is 2. The molecule has 3 aliphatic heterocycles. The average molecular weight is 1050 g/mol. The molecule has 3 unspecified atom stereocenters. The van der Waals surface area contributed by atoms with E-state index in [0.717, 1.165) is 36.8 Å². The third kappa shape index (κ3) is 13.8. The molecule has 1 saturated carbocycles. The first kappa shape index (κ1) is 59.3. The van der Waals surface area contributed by atoms with Crippen LogP contribution in [0.4, 0.5) is 5.69 Å². The Morgan fingerprint density at radius 2 is 1.55 bits per heavy atom. The third-order valence-electron chi connectivity index (χ3n) is 17.0. The lowest BCUT2D eigenvalue weighted by Gasteiger charge is -2.48. The minimum Gasteiger partial charge on any atom is -0.379 e. The second kappa shape index (κ2) is 26.9. The Labute approximate surface area is 449 Å². The number of carbonyl (C=O) groups is 8. The van der Waals surface area contributed by atoms with Gasteiger partial charge < -0.3 is 41.0 Å². The minimum atomic E-state index is -0.966. The Morgan fingerprint density at radius 3 is 2.16 bits per heavy atom. The van der Waals surface area contributed by atoms with Crippen molar-refractivity contribution in [3.05, 3.63) is 77.9 Å². The highest BCUT2D eigenvalue weighted by atomic mass is 16.5. The number of fused-ring (bicyclic) bond motifs is 2. The zero-order valence-corrected chi connectivity index (χ0v) is 46.3. The Bertz CT molecular complexity index is 2380. The van der Waals surface area contributed by atoms with E-state index in [0.29, 0.717) is 57.3 Å². The summed E-state index contributed by atoms with van der Waals surface area (Å²) in [4.78, 5) is 114. The van der Waals surface area contributed by atoms with Gasteiger partial charge in [-0.2, -0.15) is 0 Å². The normalized spacial score (nSPS) is 23.0. The van der Waals surface area contributed by atoms with E-state index in [-0.39, 0.29) is 72.6 Å². The molecule has 6 rings (SSSR count). The van der Waals surface area contributed by atoms with Crippen molar-refractivity contribution in [1.29, 1.82) is 0 Å². The maximum Gasteiger partial charge on any atom is 0.253 e. The van der Waals surface area contributed by atoms with Gasteiger partial charge in [-0.15, -0.1) is 0 Å². The largest absolute Gasteiger partial charge is 0.379 e. The summed E-state index contributed by atoms with van der Waals surface area (Å²) in [6, 6.07) is 14.2. The van der Waals surface area contributed by atoms with Crippen molar-refractivity contribution in [1.82, 2.24) is 30.2 Å². The van der Waals surface area contributed by atoms with Crippen LogP contribution >= 0.6 is 0 Å². The minimum absolute atomic E-state index is 0.00346. The van der Waals surface area contributed by atoms with Gasteiger partial charge in [0.1, 0.15) is 6.04 Å². The fraction of sp³-hybridized carbons (Fsp3) is 0.621. The van der Waals surface area contributed by atoms with Crippen molar-refractivity contribution in [2.45, 2.75) is 160 Å². The van der Waals surface area contributed by atoms with E-state index in [2.05, 4.69) is 48.5 Å². The molecule has 11 atom stereocenters. The lowest BCUT2D eigenvalue weighted by atomic mass is 9.74. The van der Waals surface area contributed by atoms with Crippen LogP contribution in [0.1, 0.15) is 116 Å². The lowest BCUT2D eigenvalue weighted by Crippen LogP contribution is -2.61. The monoisotopic (exact) mass is 1050 g/mol. The van der Waals surface area contributed by atoms with Crippen LogP contribution in [-0.4, -0.2) is 150 Å². The summed E-state index contributed by atoms with van der Waals surface area (Å²) in [5.41, 5.74) is 7.58. The predicted molar refractivity (Wildman–Crippen MR) is 289 cm³/mol. The van der Waals surface area contributed by atoms with E-state index in [1.807, 2.05) is 44.4 Å². The molecule has 18 nitrogen and oxygen atoms in total. The number of hydrogen-bond donors (Lipinski definition) is 4. The molecular formula is C58H84N8O10. The number of unbranched alkanes of at least 4 members (excludes halogenated alkanes) is 2. The van der Waals surface area contributed by atoms with Crippen LogP contribution < -0.4 is 21.7 Å². The number of benzene rings is 2. The van der Waals surface area contributed by atoms with Gasteiger partial charge >= 0.3 is 0 Å². The van der Waals surface area contributed by atoms with Crippen molar-refractivity contribution in [3.8, 4) is 0 Å². The molecule has 2 bridgehead atoms. The van der Waals surface area contributed by atoms with E-state index >= 15 is 0 Å². The highest BCUT2D eigenvalue weighted by Crippen LogP contribution is 2.55. The zero-order valence-electron chi connectivity index (χ0n) is 46.3. The molecule has 0 radical (unpaired) electrons. The van der Waals surface area contributed by atoms with Gasteiger partial charge in [0.05, 0.1) is 48.6 Å². The summed E-state index contributed by atoms with van der Waals surface area (Å²) in [6.45, 7) is 11.1. The molecule has 3 heterocycles. The first-order valence-electron chi connectivity index (χ1n) is 27.4. The second-order valence-electron chi connectivity index (χ2n) is 22.1. The van der Waals surface area contributed by atoms with Crippen molar-refractivity contribution in [2.75, 3.05) is 46.7 Å². The van der Waals surface area contributed by atoms with Crippen LogP contribution in [0.2, 0.25) is 0 Å². The average Bonchev–Trinajstić information content (AvgIpc) is 4.21. The quantitative estimate of drug-likeness (QED) is 0.0656. The number of piperidine rings is 1. The molecule has 18 heteroatoms. The highest BCUT2D eigenvalue weighted by Gasteiger charge is 2.62. The molecule has 416 valence electrons. The van der Waals surface area contributed by atoms with E-state index < -0.39 is 65.6 Å². The molecule has 4 aliphatic rings. The number of ether oxygens (including phenoxy) is 2. The van der Waals surface area contributed by atoms with Crippen molar-refractivity contribution in [3.63, 3.8) is 0 Å². The summed E-state index contributed by atoms with van der Waals surface area (Å²) in [5.74, 6) is -3.24. The molecule has 1 aliphatic carbocycles. The molecule has 2 aromatic rings. The van der Waals surface area contributed by atoms with E-state index in [9.17, 15) is 38.4 Å². The second-order valence-corrected chi connectivity index (χ2v) is 22.1. The zero-order chi connectivity index (χ0) is 55.4. The Kier molecular flexibility index (Phi) is 21.0. The Hall–Kier alpha value is -5.98. The highest BCUT2D eigenvalue weighted by molar-refractivity contribution is 6.12. The number of hydrogen-bond acceptors (Lipinski definition) is 11. The summed E-state index contributed by atoms with van der Waals surface area (Å²) in [6.07, 6.45) is 8.04. The number of primary amides is 1. The number of nitrogens with two attached hydrogens (primary N) is 1. The Morgan fingerprint density at radius 1 is 0.868 bits per heavy atom. The van der Waals surface area contributed by atoms with E-state index in [1.165, 1.54) is 24.2 Å². The number of rotatable bonds is 28. The van der Waals surface area contributed by atoms with Gasteiger partial charge in [-0.3, -0.25) is 48.2 Å². The number of amides is 8. The van der Waals surface area contributed by atoms with Crippen molar-refractivity contribution >= 4 is 52.9 Å². The number of imide groups is 1. The van der Waals surface area contributed by atoms with Crippen LogP contribution in [0.3, 0.4) is 0 Å². The first-order valence-corrected chi connectivity index (χ1v) is 27.4. The molecule has 3 fully saturated rings. The van der Waals surface area contributed by atoms with Crippen molar-refractivity contribution < 1.29 is 47.8 Å². The maximum atomic E-state index is 15.0. The molecule has 2 saturated heterocycles. The van der Waals surface area contributed by atoms with Crippen LogP contribution in [0.25, 0.3) is 0 Å². The smallest absolute Gasteiger partial charge is 0.253 e. The number of carbonyl (C=O) groups excluding carboxylic acids is 8. The summed E-state index contributed by atoms with van der Waals surface area (Å²) < 4.78 is 12.3. The van der Waals surface area contributed by atoms with E-state index in [1.54, 1.807) is 48.1 Å². The maximum absolute atomic E-state index is 15.0. The van der Waals surface area contributed by atoms with Crippen LogP contribution in [0.5, 0.6) is 0 Å². The molecule has 8 amide bonds.